The minimum absolute atomic E-state index is 0.310. The first-order valence-corrected chi connectivity index (χ1v) is 5.68. The summed E-state index contributed by atoms with van der Waals surface area (Å²) in [6, 6.07) is 7.94. The van der Waals surface area contributed by atoms with Crippen LogP contribution in [-0.4, -0.2) is 5.11 Å². The summed E-state index contributed by atoms with van der Waals surface area (Å²) in [4.78, 5) is 0. The molecule has 0 heterocycles. The van der Waals surface area contributed by atoms with Crippen molar-refractivity contribution < 1.29 is 5.11 Å². The number of hydrogen-bond acceptors (Lipinski definition) is 1. The molecular formula is C14H20O. The van der Waals surface area contributed by atoms with Crippen LogP contribution in [0.5, 0.6) is 0 Å². The fraction of sp³-hybridized carbons (Fsp3) is 0.429. The van der Waals surface area contributed by atoms with E-state index in [1.807, 2.05) is 30.3 Å². The van der Waals surface area contributed by atoms with Crippen molar-refractivity contribution >= 4 is 6.08 Å². The van der Waals surface area contributed by atoms with Gasteiger partial charge in [-0.2, -0.15) is 0 Å². The van der Waals surface area contributed by atoms with E-state index in [0.717, 1.165) is 24.0 Å². The van der Waals surface area contributed by atoms with Gasteiger partial charge in [0.2, 0.25) is 0 Å². The van der Waals surface area contributed by atoms with E-state index in [1.165, 1.54) is 12.8 Å². The number of unbranched alkanes of at least 4 members (excludes halogenated alkanes) is 2. The molecule has 0 spiro atoms. The lowest BCUT2D eigenvalue weighted by molar-refractivity contribution is 0.163. The molecule has 1 aromatic carbocycles. The van der Waals surface area contributed by atoms with E-state index < -0.39 is 0 Å². The molecule has 1 aromatic rings. The van der Waals surface area contributed by atoms with Gasteiger partial charge in [-0.15, -0.1) is 0 Å². The molecule has 0 fully saturated rings. The largest absolute Gasteiger partial charge is 0.388 e. The van der Waals surface area contributed by atoms with Gasteiger partial charge in [-0.05, 0) is 17.5 Å². The zero-order valence-corrected chi connectivity index (χ0v) is 9.45. The fourth-order valence-electron chi connectivity index (χ4n) is 1.61. The highest BCUT2D eigenvalue weighted by Crippen LogP contribution is 2.20. The first kappa shape index (κ1) is 12.0. The van der Waals surface area contributed by atoms with E-state index >= 15 is 0 Å². The molecular weight excluding hydrogens is 184 g/mol. The van der Waals surface area contributed by atoms with Crippen molar-refractivity contribution in [1.82, 2.24) is 0 Å². The maximum atomic E-state index is 9.88. The standard InChI is InChI=1S/C14H20O/c1-3-5-6-7-14(15)13-10-8-12(4-2)9-11-13/h4,8-11,14-15H,2-3,5-7H2,1H3. The highest BCUT2D eigenvalue weighted by atomic mass is 16.3. The zero-order chi connectivity index (χ0) is 11.1. The van der Waals surface area contributed by atoms with Crippen LogP contribution in [0.4, 0.5) is 0 Å². The highest BCUT2D eigenvalue weighted by Gasteiger charge is 2.05. The summed E-state index contributed by atoms with van der Waals surface area (Å²) < 4.78 is 0. The fourth-order valence-corrected chi connectivity index (χ4v) is 1.61. The molecule has 0 saturated carbocycles. The summed E-state index contributed by atoms with van der Waals surface area (Å²) in [5.74, 6) is 0. The molecule has 1 nitrogen and oxygen atoms in total. The summed E-state index contributed by atoms with van der Waals surface area (Å²) in [5, 5.41) is 9.88. The van der Waals surface area contributed by atoms with Crippen LogP contribution in [0.2, 0.25) is 0 Å². The lowest BCUT2D eigenvalue weighted by Crippen LogP contribution is -1.97. The predicted octanol–water partition coefficient (Wildman–Crippen LogP) is 3.94. The topological polar surface area (TPSA) is 20.2 Å². The molecule has 1 N–H and O–H groups in total. The predicted molar refractivity (Wildman–Crippen MR) is 65.6 cm³/mol. The molecule has 0 aliphatic heterocycles. The number of aliphatic hydroxyl groups is 1. The average molecular weight is 204 g/mol. The van der Waals surface area contributed by atoms with Crippen molar-refractivity contribution in [2.24, 2.45) is 0 Å². The monoisotopic (exact) mass is 204 g/mol. The van der Waals surface area contributed by atoms with Crippen LogP contribution in [0.3, 0.4) is 0 Å². The summed E-state index contributed by atoms with van der Waals surface area (Å²) in [6.45, 7) is 5.88. The third-order valence-corrected chi connectivity index (χ3v) is 2.64. The first-order chi connectivity index (χ1) is 7.27. The maximum absolute atomic E-state index is 9.88. The Morgan fingerprint density at radius 2 is 1.93 bits per heavy atom. The van der Waals surface area contributed by atoms with Crippen LogP contribution in [-0.2, 0) is 0 Å². The van der Waals surface area contributed by atoms with Crippen LogP contribution in [0, 0.1) is 0 Å². The molecule has 0 saturated heterocycles. The smallest absolute Gasteiger partial charge is 0.0790 e. The Morgan fingerprint density at radius 3 is 2.47 bits per heavy atom. The van der Waals surface area contributed by atoms with Crippen molar-refractivity contribution in [1.29, 1.82) is 0 Å². The second-order valence-corrected chi connectivity index (χ2v) is 3.88. The summed E-state index contributed by atoms with van der Waals surface area (Å²) in [6.07, 6.45) is 5.86. The Morgan fingerprint density at radius 1 is 1.27 bits per heavy atom. The van der Waals surface area contributed by atoms with Gasteiger partial charge in [-0.3, -0.25) is 0 Å². The minimum Gasteiger partial charge on any atom is -0.388 e. The molecule has 82 valence electrons. The summed E-state index contributed by atoms with van der Waals surface area (Å²) in [7, 11) is 0. The highest BCUT2D eigenvalue weighted by molar-refractivity contribution is 5.47. The van der Waals surface area contributed by atoms with Crippen molar-refractivity contribution in [2.75, 3.05) is 0 Å². The third kappa shape index (κ3) is 3.88. The summed E-state index contributed by atoms with van der Waals surface area (Å²) in [5.41, 5.74) is 2.11. The lowest BCUT2D eigenvalue weighted by Gasteiger charge is -2.10. The third-order valence-electron chi connectivity index (χ3n) is 2.64. The Labute approximate surface area is 92.5 Å². The van der Waals surface area contributed by atoms with Gasteiger partial charge in [0.15, 0.2) is 0 Å². The van der Waals surface area contributed by atoms with Crippen LogP contribution >= 0.6 is 0 Å². The lowest BCUT2D eigenvalue weighted by atomic mass is 10.0. The van der Waals surface area contributed by atoms with Gasteiger partial charge in [-0.1, -0.05) is 63.1 Å². The van der Waals surface area contributed by atoms with E-state index in [4.69, 9.17) is 0 Å². The number of aliphatic hydroxyl groups excluding tert-OH is 1. The molecule has 0 bridgehead atoms. The van der Waals surface area contributed by atoms with Gasteiger partial charge in [-0.25, -0.2) is 0 Å². The number of benzene rings is 1. The number of hydrogen-bond donors (Lipinski definition) is 1. The van der Waals surface area contributed by atoms with Gasteiger partial charge in [0.1, 0.15) is 0 Å². The maximum Gasteiger partial charge on any atom is 0.0790 e. The van der Waals surface area contributed by atoms with Crippen LogP contribution < -0.4 is 0 Å². The SMILES string of the molecule is C=Cc1ccc(C(O)CCCCC)cc1. The molecule has 1 heteroatoms. The van der Waals surface area contributed by atoms with Crippen molar-refractivity contribution in [3.8, 4) is 0 Å². The van der Waals surface area contributed by atoms with E-state index in [0.29, 0.717) is 0 Å². The Bertz CT molecular complexity index is 287. The van der Waals surface area contributed by atoms with E-state index in [9.17, 15) is 5.11 Å². The van der Waals surface area contributed by atoms with Crippen LogP contribution in [0.25, 0.3) is 6.08 Å². The molecule has 1 atom stereocenters. The van der Waals surface area contributed by atoms with E-state index in [1.54, 1.807) is 0 Å². The molecule has 0 aliphatic rings. The normalized spacial score (nSPS) is 12.4. The molecule has 0 radical (unpaired) electrons. The quantitative estimate of drug-likeness (QED) is 0.696. The van der Waals surface area contributed by atoms with E-state index in [2.05, 4.69) is 13.5 Å². The first-order valence-electron chi connectivity index (χ1n) is 5.68. The van der Waals surface area contributed by atoms with E-state index in [-0.39, 0.29) is 6.10 Å². The minimum atomic E-state index is -0.310. The van der Waals surface area contributed by atoms with Crippen LogP contribution in [0.15, 0.2) is 30.8 Å². The molecule has 0 aliphatic carbocycles. The zero-order valence-electron chi connectivity index (χ0n) is 9.45. The Balaban J connectivity index is 2.50. The van der Waals surface area contributed by atoms with Gasteiger partial charge >= 0.3 is 0 Å². The van der Waals surface area contributed by atoms with Crippen molar-refractivity contribution in [2.45, 2.75) is 38.7 Å². The Kier molecular flexibility index (Phi) is 5.13. The van der Waals surface area contributed by atoms with Gasteiger partial charge < -0.3 is 5.11 Å². The van der Waals surface area contributed by atoms with Gasteiger partial charge in [0.05, 0.1) is 6.10 Å². The molecule has 15 heavy (non-hydrogen) atoms. The van der Waals surface area contributed by atoms with Gasteiger partial charge in [0, 0.05) is 0 Å². The van der Waals surface area contributed by atoms with Crippen molar-refractivity contribution in [3.63, 3.8) is 0 Å². The molecule has 1 unspecified atom stereocenters. The van der Waals surface area contributed by atoms with Gasteiger partial charge in [0.25, 0.3) is 0 Å². The van der Waals surface area contributed by atoms with Crippen LogP contribution in [0.1, 0.15) is 49.8 Å². The summed E-state index contributed by atoms with van der Waals surface area (Å²) >= 11 is 0. The average Bonchev–Trinajstić information content (AvgIpc) is 2.29. The molecule has 1 rings (SSSR count). The number of rotatable bonds is 6. The second-order valence-electron chi connectivity index (χ2n) is 3.88. The van der Waals surface area contributed by atoms with Crippen molar-refractivity contribution in [3.05, 3.63) is 42.0 Å². The second kappa shape index (κ2) is 6.41. The Hall–Kier alpha value is -1.08. The molecule has 0 amide bonds. The molecule has 0 aromatic heterocycles.